The van der Waals surface area contributed by atoms with Crippen LogP contribution in [0.3, 0.4) is 0 Å². The Morgan fingerprint density at radius 1 is 1.30 bits per heavy atom. The molecule has 1 unspecified atom stereocenters. The molecule has 0 aliphatic rings. The quantitative estimate of drug-likeness (QED) is 0.509. The normalized spacial score (nSPS) is 12.6. The molecular weight excluding hydrogens is 360 g/mol. The van der Waals surface area contributed by atoms with Crippen LogP contribution in [-0.4, -0.2) is 35.1 Å². The van der Waals surface area contributed by atoms with E-state index in [0.29, 0.717) is 18.3 Å². The third-order valence-electron chi connectivity index (χ3n) is 4.54. The van der Waals surface area contributed by atoms with Crippen molar-refractivity contribution in [2.24, 2.45) is 12.8 Å². The largest absolute Gasteiger partial charge is 0.330 e. The Labute approximate surface area is 161 Å². The maximum atomic E-state index is 5.61. The molecule has 0 aliphatic carbocycles. The van der Waals surface area contributed by atoms with Crippen LogP contribution in [0.5, 0.6) is 0 Å². The van der Waals surface area contributed by atoms with E-state index < -0.39 is 0 Å². The average Bonchev–Trinajstić information content (AvgIpc) is 3.39. The Kier molecular flexibility index (Phi) is 4.87. The van der Waals surface area contributed by atoms with Crippen molar-refractivity contribution in [3.63, 3.8) is 0 Å². The van der Waals surface area contributed by atoms with Gasteiger partial charge in [0, 0.05) is 31.2 Å². The van der Waals surface area contributed by atoms with Crippen LogP contribution >= 0.6 is 11.5 Å². The first kappa shape index (κ1) is 17.6. The highest BCUT2D eigenvalue weighted by molar-refractivity contribution is 7.10. The van der Waals surface area contributed by atoms with Crippen molar-refractivity contribution in [3.8, 4) is 11.3 Å². The molecule has 0 amide bonds. The zero-order valence-electron chi connectivity index (χ0n) is 15.3. The van der Waals surface area contributed by atoms with Crippen molar-refractivity contribution in [2.75, 3.05) is 11.9 Å². The predicted molar refractivity (Wildman–Crippen MR) is 107 cm³/mol. The topological polar surface area (TPSA) is 98.9 Å². The molecule has 0 spiro atoms. The maximum absolute atomic E-state index is 5.61. The van der Waals surface area contributed by atoms with E-state index in [4.69, 9.17) is 5.73 Å². The maximum Gasteiger partial charge on any atom is 0.180 e. The molecule has 0 fully saturated rings. The van der Waals surface area contributed by atoms with Crippen LogP contribution in [0.15, 0.2) is 37.1 Å². The third-order valence-corrected chi connectivity index (χ3v) is 5.26. The van der Waals surface area contributed by atoms with Crippen molar-refractivity contribution in [3.05, 3.63) is 42.7 Å². The van der Waals surface area contributed by atoms with Crippen LogP contribution < -0.4 is 11.1 Å². The van der Waals surface area contributed by atoms with E-state index >= 15 is 0 Å². The van der Waals surface area contributed by atoms with Gasteiger partial charge in [-0.15, -0.1) is 0 Å². The van der Waals surface area contributed by atoms with E-state index in [1.54, 1.807) is 10.9 Å². The number of imidazole rings is 1. The summed E-state index contributed by atoms with van der Waals surface area (Å²) in [7, 11) is 1.90. The second-order valence-electron chi connectivity index (χ2n) is 6.59. The number of hydrogen-bond acceptors (Lipinski definition) is 7. The molecule has 140 valence electrons. The van der Waals surface area contributed by atoms with Crippen LogP contribution in [0.25, 0.3) is 16.9 Å². The molecule has 27 heavy (non-hydrogen) atoms. The fraction of sp³-hybridized carbons (Fsp3) is 0.333. The molecule has 1 atom stereocenters. The van der Waals surface area contributed by atoms with Gasteiger partial charge in [0.05, 0.1) is 23.8 Å². The van der Waals surface area contributed by atoms with E-state index in [-0.39, 0.29) is 0 Å². The van der Waals surface area contributed by atoms with E-state index in [1.165, 1.54) is 11.5 Å². The molecule has 0 saturated carbocycles. The molecule has 9 heteroatoms. The second kappa shape index (κ2) is 7.45. The molecule has 0 aliphatic heterocycles. The molecule has 3 N–H and O–H groups in total. The van der Waals surface area contributed by atoms with Crippen LogP contribution in [-0.2, 0) is 7.05 Å². The Balaban J connectivity index is 1.60. The van der Waals surface area contributed by atoms with E-state index in [1.807, 2.05) is 36.2 Å². The monoisotopic (exact) mass is 382 g/mol. The summed E-state index contributed by atoms with van der Waals surface area (Å²) in [6.45, 7) is 2.90. The number of rotatable bonds is 7. The van der Waals surface area contributed by atoms with Crippen molar-refractivity contribution < 1.29 is 0 Å². The number of nitrogens with zero attached hydrogens (tertiary/aromatic N) is 6. The zero-order valence-corrected chi connectivity index (χ0v) is 16.1. The van der Waals surface area contributed by atoms with Gasteiger partial charge < -0.3 is 11.1 Å². The van der Waals surface area contributed by atoms with Gasteiger partial charge >= 0.3 is 0 Å². The van der Waals surface area contributed by atoms with Crippen molar-refractivity contribution in [1.82, 2.24) is 28.5 Å². The first-order valence-corrected chi connectivity index (χ1v) is 9.68. The lowest BCUT2D eigenvalue weighted by molar-refractivity contribution is 0.631. The van der Waals surface area contributed by atoms with Gasteiger partial charge in [-0.3, -0.25) is 9.08 Å². The van der Waals surface area contributed by atoms with Gasteiger partial charge in [-0.2, -0.15) is 9.47 Å². The summed E-state index contributed by atoms with van der Waals surface area (Å²) in [5.74, 6) is 1.10. The number of fused-ring (bicyclic) bond motifs is 1. The molecule has 4 rings (SSSR count). The number of hydrogen-bond donors (Lipinski definition) is 2. The second-order valence-corrected chi connectivity index (χ2v) is 7.39. The van der Waals surface area contributed by atoms with Gasteiger partial charge in [-0.25, -0.2) is 9.97 Å². The number of nitrogens with two attached hydrogens (primary N) is 1. The Hall–Kier alpha value is -2.78. The molecule has 4 aromatic rings. The SMILES string of the molecule is CC(CCCN)c1cc(Nc2nccn3c(-c4cnn(C)c4)cnc23)sn1. The van der Waals surface area contributed by atoms with E-state index in [2.05, 4.69) is 37.7 Å². The van der Waals surface area contributed by atoms with Crippen molar-refractivity contribution >= 4 is 28.0 Å². The Morgan fingerprint density at radius 3 is 2.96 bits per heavy atom. The van der Waals surface area contributed by atoms with Gasteiger partial charge in [-0.1, -0.05) is 6.92 Å². The number of aryl methyl sites for hydroxylation is 1. The molecule has 8 nitrogen and oxygen atoms in total. The first-order chi connectivity index (χ1) is 13.2. The third kappa shape index (κ3) is 3.56. The van der Waals surface area contributed by atoms with Crippen LogP contribution in [0.2, 0.25) is 0 Å². The fourth-order valence-corrected chi connectivity index (χ4v) is 3.80. The van der Waals surface area contributed by atoms with Gasteiger partial charge in [0.15, 0.2) is 11.5 Å². The molecule has 0 radical (unpaired) electrons. The van der Waals surface area contributed by atoms with E-state index in [0.717, 1.165) is 40.4 Å². The smallest absolute Gasteiger partial charge is 0.180 e. The Bertz CT molecular complexity index is 1050. The highest BCUT2D eigenvalue weighted by atomic mass is 32.1. The van der Waals surface area contributed by atoms with Crippen LogP contribution in [0.1, 0.15) is 31.4 Å². The van der Waals surface area contributed by atoms with Gasteiger partial charge in [0.25, 0.3) is 0 Å². The highest BCUT2D eigenvalue weighted by Gasteiger charge is 2.14. The standard InChI is InChI=1S/C18H22N8S/c1-12(4-3-5-19)14-8-16(27-24-14)23-17-18-21-10-15(26(18)7-6-20-17)13-9-22-25(2)11-13/h6-12H,3-5,19H2,1-2H3,(H,20,23). The molecule has 0 bridgehead atoms. The summed E-state index contributed by atoms with van der Waals surface area (Å²) >= 11 is 1.44. The molecule has 0 aromatic carbocycles. The fourth-order valence-electron chi connectivity index (χ4n) is 3.04. The van der Waals surface area contributed by atoms with Crippen LogP contribution in [0, 0.1) is 0 Å². The van der Waals surface area contributed by atoms with Crippen molar-refractivity contribution in [2.45, 2.75) is 25.7 Å². The highest BCUT2D eigenvalue weighted by Crippen LogP contribution is 2.29. The summed E-state index contributed by atoms with van der Waals surface area (Å²) < 4.78 is 8.36. The van der Waals surface area contributed by atoms with Gasteiger partial charge in [-0.05, 0) is 42.9 Å². The minimum absolute atomic E-state index is 0.396. The minimum atomic E-state index is 0.396. The van der Waals surface area contributed by atoms with Crippen molar-refractivity contribution in [1.29, 1.82) is 0 Å². The lowest BCUT2D eigenvalue weighted by atomic mass is 10.0. The Morgan fingerprint density at radius 2 is 2.19 bits per heavy atom. The molecule has 4 heterocycles. The van der Waals surface area contributed by atoms with Gasteiger partial charge in [0.1, 0.15) is 5.00 Å². The number of nitrogens with one attached hydrogen (secondary N) is 1. The van der Waals surface area contributed by atoms with E-state index in [9.17, 15) is 0 Å². The van der Waals surface area contributed by atoms with Crippen LogP contribution in [0.4, 0.5) is 10.8 Å². The summed E-state index contributed by atoms with van der Waals surface area (Å²) in [5, 5.41) is 8.56. The lowest BCUT2D eigenvalue weighted by Gasteiger charge is -2.06. The lowest BCUT2D eigenvalue weighted by Crippen LogP contribution is -2.02. The summed E-state index contributed by atoms with van der Waals surface area (Å²) in [5.41, 5.74) is 9.45. The summed E-state index contributed by atoms with van der Waals surface area (Å²) in [4.78, 5) is 9.02. The summed E-state index contributed by atoms with van der Waals surface area (Å²) in [6, 6.07) is 2.09. The molecule has 4 aromatic heterocycles. The first-order valence-electron chi connectivity index (χ1n) is 8.90. The van der Waals surface area contributed by atoms with Gasteiger partial charge in [0.2, 0.25) is 0 Å². The summed E-state index contributed by atoms with van der Waals surface area (Å²) in [6.07, 6.45) is 11.4. The zero-order chi connectivity index (χ0) is 18.8. The predicted octanol–water partition coefficient (Wildman–Crippen LogP) is 3.17. The number of anilines is 2. The molecule has 0 saturated heterocycles. The number of aromatic nitrogens is 6. The molecular formula is C18H22N8S. The average molecular weight is 382 g/mol. The minimum Gasteiger partial charge on any atom is -0.330 e.